The molecule has 21 nitrogen and oxygen atoms in total. The number of carbonyl (C=O) groups excluding carboxylic acids is 2. The Kier molecular flexibility index (Phi) is 25.4. The van der Waals surface area contributed by atoms with Crippen molar-refractivity contribution in [3.05, 3.63) is 185 Å². The minimum atomic E-state index is -0.0746. The van der Waals surface area contributed by atoms with E-state index in [1.165, 1.54) is 127 Å². The number of hydrogen-bond donors (Lipinski definition) is 8. The number of carbonyl (C=O) groups is 2. The fourth-order valence-electron chi connectivity index (χ4n) is 17.9. The van der Waals surface area contributed by atoms with Crippen molar-refractivity contribution in [3.8, 4) is 0 Å². The first-order valence-electron chi connectivity index (χ1n) is 36.7. The van der Waals surface area contributed by atoms with Gasteiger partial charge < -0.3 is 31.7 Å². The van der Waals surface area contributed by atoms with E-state index in [2.05, 4.69) is 181 Å². The number of anilines is 3. The van der Waals surface area contributed by atoms with Crippen LogP contribution in [0.3, 0.4) is 0 Å². The molecule has 3 atom stereocenters. The lowest BCUT2D eigenvalue weighted by Crippen LogP contribution is -2.45. The van der Waals surface area contributed by atoms with E-state index in [4.69, 9.17) is 15.8 Å². The third-order valence-electron chi connectivity index (χ3n) is 21.2. The standard InChI is InChI=1S/C26H32N6O.C21H22BN6O.C14H20O.C13H16N6.2C2H6/c33-24(7-8-26-13-17-9-18(14-26)11-19(10-17)15-26)28-22(16-27-25-29-31-32-30-25)12-21-6-5-20-3-1-2-4-23(20)21;23-15-29-22-19(12-18-11-10-17-8-4-5-9-20(17)18)13-24-21-25-27-28(26-21)14-16-6-2-1-3-7-16;1-10(15)2-3-14-7-11-4-12(8-14)6-13(5-11)9-14;14-11(8-15-13-16-18-19-17-13)7-10-6-5-9-3-1-2-4-12(9)10;2*1-2/h1-4,6-8,17-19,22H,5,9-16H2,(H,28,33)(H2,27,29,30,31,32);1-9,11,15,19,23H,10,12-14H2,(H,24,26);2-3,11-13H,4-9H2,1H3;1-4,6,11H,5,7-8,14H2,(H2,15,16,17,18,19);2*1-2H3/b8-7+;;3-2+;;;/t17?,18?,19?,22-,26?;19-;;11-;;/m00.0../s1. The second-order valence-electron chi connectivity index (χ2n) is 28.6. The summed E-state index contributed by atoms with van der Waals surface area (Å²) in [6.45, 7) is 12.0. The summed E-state index contributed by atoms with van der Waals surface area (Å²) < 4.78 is 5.15. The smallest absolute Gasteiger partial charge is 0.376 e. The summed E-state index contributed by atoms with van der Waals surface area (Å²) in [5, 5.41) is 60.0. The van der Waals surface area contributed by atoms with Crippen molar-refractivity contribution in [1.29, 1.82) is 5.41 Å². The number of H-pyrrole nitrogens is 2. The SMILES string of the molecule is CC.CC.CC(=O)/C=C/C12CC3CC(CC(C3)C1)C2.N=CO[B][C@H](CNc1nnn(Cc2ccccc2)n1)CC1=CCc2ccccc21.N[C@H](CNc1nn[nH]n1)CC1=CCc2ccccc21.O=C(/C=C/C12CC3CC(CC(C3)C1)C2)N[C@H](CNc1nn[nH]n1)CC1=CCc2ccccc21. The van der Waals surface area contributed by atoms with Crippen molar-refractivity contribution >= 4 is 60.1 Å². The zero-order valence-electron chi connectivity index (χ0n) is 59.0. The summed E-state index contributed by atoms with van der Waals surface area (Å²) in [4.78, 5) is 25.7. The van der Waals surface area contributed by atoms with Crippen LogP contribution >= 0.6 is 0 Å². The Labute approximate surface area is 590 Å². The Balaban J connectivity index is 0.000000137. The average molecular weight is 1350 g/mol. The molecular formula is C78H102BN18O3. The molecule has 1 radical (unpaired) electrons. The van der Waals surface area contributed by atoms with Crippen LogP contribution in [-0.2, 0) is 40.1 Å². The molecule has 0 unspecified atom stereocenters. The number of benzene rings is 4. The molecule has 11 aliphatic carbocycles. The first kappa shape index (κ1) is 72.1. The van der Waals surface area contributed by atoms with Gasteiger partial charge in [-0.25, -0.2) is 0 Å². The second-order valence-corrected chi connectivity index (χ2v) is 28.6. The Hall–Kier alpha value is -9.18. The largest absolute Gasteiger partial charge is 0.555 e. The van der Waals surface area contributed by atoms with Crippen LogP contribution in [0.5, 0.6) is 0 Å². The van der Waals surface area contributed by atoms with Crippen LogP contribution in [0.25, 0.3) is 16.7 Å². The van der Waals surface area contributed by atoms with E-state index in [0.717, 1.165) is 86.0 Å². The summed E-state index contributed by atoms with van der Waals surface area (Å²) in [5.74, 6) is 7.26. The van der Waals surface area contributed by atoms with Crippen LogP contribution in [0.4, 0.5) is 17.8 Å². The molecule has 22 heteroatoms. The summed E-state index contributed by atoms with van der Waals surface area (Å²) in [7, 11) is 1.69. The number of hydrogen-bond acceptors (Lipinski definition) is 17. The highest BCUT2D eigenvalue weighted by Crippen LogP contribution is 2.62. The quantitative estimate of drug-likeness (QED) is 0.0114. The number of nitrogens with one attached hydrogen (secondary N) is 7. The zero-order valence-corrected chi connectivity index (χ0v) is 59.0. The summed E-state index contributed by atoms with van der Waals surface area (Å²) in [6.07, 6.45) is 37.9. The number of nitrogens with zero attached hydrogens (tertiary/aromatic N) is 10. The predicted molar refractivity (Wildman–Crippen MR) is 398 cm³/mol. The van der Waals surface area contributed by atoms with Crippen molar-refractivity contribution < 1.29 is 14.2 Å². The van der Waals surface area contributed by atoms with E-state index in [0.29, 0.717) is 49.4 Å². The van der Waals surface area contributed by atoms with Gasteiger partial charge in [0, 0.05) is 25.7 Å². The molecule has 1 amide bonds. The van der Waals surface area contributed by atoms with Crippen LogP contribution in [0.1, 0.15) is 170 Å². The Morgan fingerprint density at radius 1 is 0.590 bits per heavy atom. The number of nitrogens with two attached hydrogens (primary N) is 1. The summed E-state index contributed by atoms with van der Waals surface area (Å²) in [5.41, 5.74) is 19.9. The van der Waals surface area contributed by atoms with E-state index < -0.39 is 0 Å². The summed E-state index contributed by atoms with van der Waals surface area (Å²) >= 11 is 0. The highest BCUT2D eigenvalue weighted by atomic mass is 16.4. The lowest BCUT2D eigenvalue weighted by molar-refractivity contribution is -0.117. The Morgan fingerprint density at radius 3 is 1.52 bits per heavy atom. The van der Waals surface area contributed by atoms with Crippen LogP contribution in [0.15, 0.2) is 146 Å². The van der Waals surface area contributed by atoms with Gasteiger partial charge in [0.05, 0.1) is 12.6 Å². The van der Waals surface area contributed by atoms with Crippen LogP contribution in [0.2, 0.25) is 5.82 Å². The lowest BCUT2D eigenvalue weighted by Gasteiger charge is -2.55. The fourth-order valence-corrected chi connectivity index (χ4v) is 17.9. The number of amides is 1. The second kappa shape index (κ2) is 35.2. The van der Waals surface area contributed by atoms with Gasteiger partial charge in [-0.05, 0) is 258 Å². The first-order valence-corrected chi connectivity index (χ1v) is 36.7. The van der Waals surface area contributed by atoms with Crippen molar-refractivity contribution in [2.45, 2.75) is 175 Å². The van der Waals surface area contributed by atoms with Crippen molar-refractivity contribution in [3.63, 3.8) is 0 Å². The molecule has 8 bridgehead atoms. The van der Waals surface area contributed by atoms with Gasteiger partial charge in [0.1, 0.15) is 6.40 Å². The van der Waals surface area contributed by atoms with Crippen molar-refractivity contribution in [2.75, 3.05) is 35.6 Å². The topological polar surface area (TPSA) is 294 Å². The van der Waals surface area contributed by atoms with Crippen LogP contribution < -0.4 is 27.0 Å². The number of allylic oxidation sites excluding steroid dienone is 7. The molecule has 8 saturated carbocycles. The molecule has 8 fully saturated rings. The minimum absolute atomic E-state index is 0.00228. The number of aromatic nitrogens is 12. The molecule has 9 N–H and O–H groups in total. The van der Waals surface area contributed by atoms with Gasteiger partial charge >= 0.3 is 7.48 Å². The zero-order chi connectivity index (χ0) is 69.7. The fraction of sp³-hybridized carbons (Fsp3) is 0.487. The van der Waals surface area contributed by atoms with Gasteiger partial charge in [0.2, 0.25) is 5.91 Å². The first-order chi connectivity index (χ1) is 48.9. The van der Waals surface area contributed by atoms with Crippen LogP contribution in [-0.4, -0.2) is 119 Å². The maximum absolute atomic E-state index is 13.0. The third kappa shape index (κ3) is 19.6. The van der Waals surface area contributed by atoms with Gasteiger partial charge in [-0.1, -0.05) is 176 Å². The number of rotatable bonds is 25. The molecule has 0 spiro atoms. The molecule has 7 aromatic rings. The van der Waals surface area contributed by atoms with E-state index in [1.54, 1.807) is 19.2 Å². The normalized spacial score (nSPS) is 24.0. The maximum Gasteiger partial charge on any atom is 0.376 e. The molecular weight excluding hydrogens is 1250 g/mol. The maximum atomic E-state index is 13.0. The van der Waals surface area contributed by atoms with Gasteiger partial charge in [-0.15, -0.1) is 15.3 Å². The van der Waals surface area contributed by atoms with Gasteiger partial charge in [-0.2, -0.15) is 15.2 Å². The molecule has 18 rings (SSSR count). The molecule has 4 aromatic carbocycles. The Morgan fingerprint density at radius 2 is 1.04 bits per heavy atom. The highest BCUT2D eigenvalue weighted by Gasteiger charge is 2.51. The van der Waals surface area contributed by atoms with Gasteiger partial charge in [0.15, 0.2) is 5.78 Å². The molecule has 525 valence electrons. The van der Waals surface area contributed by atoms with Crippen LogP contribution in [0, 0.1) is 51.7 Å². The summed E-state index contributed by atoms with van der Waals surface area (Å²) in [6, 6.07) is 35.4. The Bertz CT molecular complexity index is 3850. The number of tetrazole rings is 3. The molecule has 100 heavy (non-hydrogen) atoms. The molecule has 0 saturated heterocycles. The van der Waals surface area contributed by atoms with Crippen molar-refractivity contribution in [1.82, 2.24) is 66.8 Å². The van der Waals surface area contributed by atoms with Gasteiger partial charge in [-0.3, -0.25) is 15.0 Å². The minimum Gasteiger partial charge on any atom is -0.555 e. The van der Waals surface area contributed by atoms with E-state index in [1.807, 2.05) is 70.2 Å². The number of fused-ring (bicyclic) bond motifs is 3. The van der Waals surface area contributed by atoms with E-state index >= 15 is 0 Å². The van der Waals surface area contributed by atoms with E-state index in [-0.39, 0.29) is 35.0 Å². The lowest BCUT2D eigenvalue weighted by atomic mass is 9.49. The van der Waals surface area contributed by atoms with E-state index in [9.17, 15) is 9.59 Å². The molecule has 0 aliphatic heterocycles. The predicted octanol–water partition coefficient (Wildman–Crippen LogP) is 13.5. The number of aromatic amines is 2. The van der Waals surface area contributed by atoms with Gasteiger partial charge in [0.25, 0.3) is 17.8 Å². The molecule has 3 heterocycles. The number of ketones is 1. The monoisotopic (exact) mass is 1350 g/mol. The average Bonchev–Trinajstić information content (AvgIpc) is 0.974. The highest BCUT2D eigenvalue weighted by molar-refractivity contribution is 6.32. The van der Waals surface area contributed by atoms with Crippen molar-refractivity contribution in [2.24, 2.45) is 52.1 Å². The molecule has 3 aromatic heterocycles. The molecule has 11 aliphatic rings. The third-order valence-corrected chi connectivity index (χ3v) is 21.2.